The van der Waals surface area contributed by atoms with E-state index in [1.54, 1.807) is 6.92 Å². The lowest BCUT2D eigenvalue weighted by Gasteiger charge is -2.46. The number of nitrogens with one attached hydrogen (secondary N) is 1. The van der Waals surface area contributed by atoms with Crippen molar-refractivity contribution in [2.75, 3.05) is 13.3 Å². The zero-order valence-electron chi connectivity index (χ0n) is 19.3. The van der Waals surface area contributed by atoms with Crippen LogP contribution in [-0.2, 0) is 28.7 Å². The number of esters is 2. The highest BCUT2D eigenvalue weighted by Crippen LogP contribution is 2.52. The first-order valence-corrected chi connectivity index (χ1v) is 12.5. The molecule has 3 heterocycles. The number of carbonyl (C=O) groups excluding carboxylic acids is 4. The van der Waals surface area contributed by atoms with Crippen LogP contribution in [-0.4, -0.2) is 64.5 Å². The summed E-state index contributed by atoms with van der Waals surface area (Å²) in [5.74, 6) is -2.25. The summed E-state index contributed by atoms with van der Waals surface area (Å²) in [6.45, 7) is 5.33. The molecule has 0 aromatic heterocycles. The van der Waals surface area contributed by atoms with Crippen LogP contribution in [0.25, 0.3) is 0 Å². The first-order chi connectivity index (χ1) is 15.6. The van der Waals surface area contributed by atoms with Crippen LogP contribution in [0.1, 0.15) is 59.3 Å². The van der Waals surface area contributed by atoms with Gasteiger partial charge in [0.1, 0.15) is 5.70 Å². The molecule has 10 heteroatoms. The Morgan fingerprint density at radius 3 is 2.55 bits per heavy atom. The van der Waals surface area contributed by atoms with Gasteiger partial charge in [-0.2, -0.15) is 0 Å². The molecule has 0 radical (unpaired) electrons. The highest BCUT2D eigenvalue weighted by Gasteiger charge is 2.60. The van der Waals surface area contributed by atoms with E-state index in [-0.39, 0.29) is 40.7 Å². The van der Waals surface area contributed by atoms with Gasteiger partial charge in [-0.15, -0.1) is 11.8 Å². The maximum atomic E-state index is 13.1. The molecule has 2 saturated heterocycles. The maximum Gasteiger partial charge on any atom is 0.358 e. The second kappa shape index (κ2) is 9.29. The van der Waals surface area contributed by atoms with E-state index in [4.69, 9.17) is 9.47 Å². The molecule has 0 aromatic rings. The smallest absolute Gasteiger partial charge is 0.358 e. The number of rotatable bonds is 7. The Morgan fingerprint density at radius 1 is 1.24 bits per heavy atom. The van der Waals surface area contributed by atoms with Gasteiger partial charge >= 0.3 is 11.9 Å². The minimum Gasteiger partial charge on any atom is -0.427 e. The quantitative estimate of drug-likeness (QED) is 0.321. The Labute approximate surface area is 197 Å². The summed E-state index contributed by atoms with van der Waals surface area (Å²) in [7, 11) is 0. The van der Waals surface area contributed by atoms with Crippen molar-refractivity contribution < 1.29 is 33.8 Å². The normalized spacial score (nSPS) is 31.6. The minimum atomic E-state index is -0.838. The number of thioether (sulfide) groups is 1. The lowest BCUT2D eigenvalue weighted by Crippen LogP contribution is -2.63. The third-order valence-corrected chi connectivity index (χ3v) is 8.85. The van der Waals surface area contributed by atoms with E-state index >= 15 is 0 Å². The lowest BCUT2D eigenvalue weighted by molar-refractivity contribution is -0.177. The van der Waals surface area contributed by atoms with Gasteiger partial charge < -0.3 is 24.8 Å². The van der Waals surface area contributed by atoms with Gasteiger partial charge in [0.2, 0.25) is 18.6 Å². The first kappa shape index (κ1) is 24.1. The van der Waals surface area contributed by atoms with Gasteiger partial charge in [-0.05, 0) is 26.7 Å². The van der Waals surface area contributed by atoms with Crippen LogP contribution in [0.3, 0.4) is 0 Å². The summed E-state index contributed by atoms with van der Waals surface area (Å²) in [5.41, 5.74) is -0.420. The highest BCUT2D eigenvalue weighted by atomic mass is 32.2. The molecule has 4 rings (SSSR count). The van der Waals surface area contributed by atoms with Crippen molar-refractivity contribution in [3.63, 3.8) is 0 Å². The van der Waals surface area contributed by atoms with Gasteiger partial charge in [-0.3, -0.25) is 14.4 Å². The van der Waals surface area contributed by atoms with E-state index in [0.717, 1.165) is 32.1 Å². The van der Waals surface area contributed by atoms with Gasteiger partial charge in [0.05, 0.1) is 23.5 Å². The molecule has 5 atom stereocenters. The Kier molecular flexibility index (Phi) is 6.77. The molecule has 3 unspecified atom stereocenters. The molecule has 182 valence electrons. The van der Waals surface area contributed by atoms with Crippen LogP contribution in [0.2, 0.25) is 0 Å². The summed E-state index contributed by atoms with van der Waals surface area (Å²) < 4.78 is 10.6. The summed E-state index contributed by atoms with van der Waals surface area (Å²) in [5, 5.41) is 12.8. The molecular formula is C23H32N2O7S. The highest BCUT2D eigenvalue weighted by molar-refractivity contribution is 8.03. The topological polar surface area (TPSA) is 122 Å². The van der Waals surface area contributed by atoms with Crippen molar-refractivity contribution >= 4 is 35.5 Å². The fourth-order valence-corrected chi connectivity index (χ4v) is 6.83. The van der Waals surface area contributed by atoms with Crippen LogP contribution >= 0.6 is 11.8 Å². The van der Waals surface area contributed by atoms with Gasteiger partial charge in [0.15, 0.2) is 0 Å². The van der Waals surface area contributed by atoms with E-state index in [1.807, 2.05) is 13.8 Å². The molecule has 2 N–H and O–H groups in total. The minimum absolute atomic E-state index is 0.0489. The number of nitrogens with zero attached hydrogens (tertiary/aromatic N) is 1. The predicted octanol–water partition coefficient (Wildman–Crippen LogP) is 1.69. The summed E-state index contributed by atoms with van der Waals surface area (Å²) in [6.07, 6.45) is 4.04. The predicted molar refractivity (Wildman–Crippen MR) is 119 cm³/mol. The number of fused-ring (bicyclic) bond motifs is 1. The van der Waals surface area contributed by atoms with Crippen molar-refractivity contribution in [2.45, 2.75) is 76.7 Å². The van der Waals surface area contributed by atoms with E-state index in [1.165, 1.54) is 16.7 Å². The standard InChI is InChI=1S/C23H32N2O7S/c1-12-17-16(13(2)26)20(28)25(17)18(19(12)33-14-9-15(27)24-10-14)21(29)31-11-32-22(30)23(3)7-5-4-6-8-23/h12-14,16-17,26H,4-11H2,1-3H3,(H,24,27)/t12?,13-,14?,16?,17+/m1/s1. The fourth-order valence-electron chi connectivity index (χ4n) is 5.43. The van der Waals surface area contributed by atoms with E-state index in [2.05, 4.69) is 5.32 Å². The van der Waals surface area contributed by atoms with E-state index in [9.17, 15) is 24.3 Å². The van der Waals surface area contributed by atoms with Crippen LogP contribution < -0.4 is 5.32 Å². The van der Waals surface area contributed by atoms with Crippen LogP contribution in [0, 0.1) is 17.3 Å². The van der Waals surface area contributed by atoms with Crippen molar-refractivity contribution in [1.82, 2.24) is 10.2 Å². The fraction of sp³-hybridized carbons (Fsp3) is 0.739. The van der Waals surface area contributed by atoms with Crippen molar-refractivity contribution in [3.05, 3.63) is 10.6 Å². The SMILES string of the molecule is CC1C(SC2CNC(=O)C2)=C(C(=O)OCOC(=O)C2(C)CCCCC2)N2C(=O)C([C@@H](C)O)[C@H]12. The third kappa shape index (κ3) is 4.39. The molecule has 0 spiro atoms. The number of aliphatic hydroxyl groups is 1. The first-order valence-electron chi connectivity index (χ1n) is 11.7. The molecule has 1 aliphatic carbocycles. The Hall–Kier alpha value is -2.07. The molecule has 0 aromatic carbocycles. The molecular weight excluding hydrogens is 448 g/mol. The third-order valence-electron chi connectivity index (χ3n) is 7.37. The number of β-lactam (4-membered cyclic amide) rings is 1. The molecule has 3 fully saturated rings. The largest absolute Gasteiger partial charge is 0.427 e. The number of hydrogen-bond donors (Lipinski definition) is 2. The Bertz CT molecular complexity index is 880. The average molecular weight is 481 g/mol. The van der Waals surface area contributed by atoms with Crippen LogP contribution in [0.15, 0.2) is 10.6 Å². The number of ether oxygens (including phenoxy) is 2. The van der Waals surface area contributed by atoms with E-state index in [0.29, 0.717) is 17.9 Å². The molecule has 4 aliphatic rings. The summed E-state index contributed by atoms with van der Waals surface area (Å²) in [4.78, 5) is 52.1. The van der Waals surface area contributed by atoms with Crippen LogP contribution in [0.5, 0.6) is 0 Å². The molecule has 33 heavy (non-hydrogen) atoms. The zero-order valence-corrected chi connectivity index (χ0v) is 20.1. The number of aliphatic hydroxyl groups excluding tert-OH is 1. The van der Waals surface area contributed by atoms with Gasteiger partial charge in [0, 0.05) is 29.0 Å². The monoisotopic (exact) mass is 480 g/mol. The number of hydrogen-bond acceptors (Lipinski definition) is 8. The molecule has 2 amide bonds. The second-order valence-electron chi connectivity index (χ2n) is 9.82. The number of carbonyl (C=O) groups is 4. The van der Waals surface area contributed by atoms with Gasteiger partial charge in [-0.25, -0.2) is 4.79 Å². The Morgan fingerprint density at radius 2 is 1.94 bits per heavy atom. The van der Waals surface area contributed by atoms with Gasteiger partial charge in [-0.1, -0.05) is 26.2 Å². The summed E-state index contributed by atoms with van der Waals surface area (Å²) in [6, 6.07) is -0.337. The second-order valence-corrected chi connectivity index (χ2v) is 11.2. The average Bonchev–Trinajstić information content (AvgIpc) is 3.27. The van der Waals surface area contributed by atoms with E-state index < -0.39 is 30.2 Å². The van der Waals surface area contributed by atoms with Crippen molar-refractivity contribution in [1.29, 1.82) is 0 Å². The van der Waals surface area contributed by atoms with Gasteiger partial charge in [0.25, 0.3) is 0 Å². The Balaban J connectivity index is 1.46. The number of amides is 2. The molecule has 9 nitrogen and oxygen atoms in total. The summed E-state index contributed by atoms with van der Waals surface area (Å²) >= 11 is 1.40. The van der Waals surface area contributed by atoms with Crippen molar-refractivity contribution in [2.24, 2.45) is 17.3 Å². The van der Waals surface area contributed by atoms with Crippen LogP contribution in [0.4, 0.5) is 0 Å². The molecule has 0 bridgehead atoms. The lowest BCUT2D eigenvalue weighted by atomic mass is 9.76. The van der Waals surface area contributed by atoms with Crippen molar-refractivity contribution in [3.8, 4) is 0 Å². The molecule has 1 saturated carbocycles. The molecule has 3 aliphatic heterocycles. The zero-order chi connectivity index (χ0) is 23.9. The maximum absolute atomic E-state index is 13.1.